The Balaban J connectivity index is 2.13. The Kier molecular flexibility index (Phi) is 5.15. The number of methoxy groups -OCH3 is 1. The Bertz CT molecular complexity index is 781. The lowest BCUT2D eigenvalue weighted by molar-refractivity contribution is -0.137. The molecule has 0 atom stereocenters. The summed E-state index contributed by atoms with van der Waals surface area (Å²) >= 11 is 6.14. The van der Waals surface area contributed by atoms with Gasteiger partial charge in [0.2, 0.25) is 0 Å². The van der Waals surface area contributed by atoms with Crippen LogP contribution in [0.3, 0.4) is 0 Å². The first kappa shape index (κ1) is 17.9. The summed E-state index contributed by atoms with van der Waals surface area (Å²) in [7, 11) is 1.40. The van der Waals surface area contributed by atoms with E-state index < -0.39 is 11.7 Å². The first-order valence-electron chi connectivity index (χ1n) is 7.79. The number of nitrogens with zero attached hydrogens (tertiary/aromatic N) is 2. The third-order valence-electron chi connectivity index (χ3n) is 4.14. The molecule has 8 heteroatoms. The van der Waals surface area contributed by atoms with Crippen LogP contribution in [-0.4, -0.2) is 24.1 Å². The number of hydrogen-bond donors (Lipinski definition) is 0. The highest BCUT2D eigenvalue weighted by Gasteiger charge is 2.32. The molecule has 0 amide bonds. The normalized spacial score (nSPS) is 14.3. The van der Waals surface area contributed by atoms with Crippen molar-refractivity contribution in [2.45, 2.75) is 31.9 Å². The van der Waals surface area contributed by atoms with Crippen LogP contribution >= 0.6 is 11.6 Å². The fraction of sp³-hybridized carbons (Fsp3) is 0.412. The molecule has 1 aromatic heterocycles. The number of ether oxygens (including phenoxy) is 2. The third kappa shape index (κ3) is 3.72. The average molecular weight is 373 g/mol. The molecular formula is C17H16ClF3N2O2. The van der Waals surface area contributed by atoms with Crippen LogP contribution in [0.25, 0.3) is 11.3 Å². The van der Waals surface area contributed by atoms with E-state index in [9.17, 15) is 13.2 Å². The lowest BCUT2D eigenvalue weighted by Gasteiger charge is -2.20. The molecule has 134 valence electrons. The van der Waals surface area contributed by atoms with Gasteiger partial charge < -0.3 is 9.47 Å². The van der Waals surface area contributed by atoms with Crippen molar-refractivity contribution in [3.63, 3.8) is 0 Å². The predicted octanol–water partition coefficient (Wildman–Crippen LogP) is 4.68. The van der Waals surface area contributed by atoms with Crippen LogP contribution in [0.5, 0.6) is 5.75 Å². The van der Waals surface area contributed by atoms with E-state index in [4.69, 9.17) is 21.1 Å². The molecule has 0 spiro atoms. The standard InChI is InChI=1S/C17H16ClF3N2O2/c1-24-9-25-14-8-10(17(19,20)21)6-7-13(14)15-11-4-2-3-5-12(11)16(18)23-22-15/h6-8H,2-5,9H2,1H3. The van der Waals surface area contributed by atoms with Crippen LogP contribution in [-0.2, 0) is 23.8 Å². The van der Waals surface area contributed by atoms with Gasteiger partial charge in [0, 0.05) is 12.7 Å². The Hall–Kier alpha value is -1.86. The SMILES string of the molecule is COCOc1cc(C(F)(F)F)ccc1-c1nnc(Cl)c2c1CCCC2. The number of benzene rings is 1. The predicted molar refractivity (Wildman–Crippen MR) is 86.6 cm³/mol. The number of halogens is 4. The largest absolute Gasteiger partial charge is 0.467 e. The molecule has 0 bridgehead atoms. The maximum Gasteiger partial charge on any atom is 0.416 e. The van der Waals surface area contributed by atoms with Gasteiger partial charge in [-0.05, 0) is 55.0 Å². The third-order valence-corrected chi connectivity index (χ3v) is 4.44. The van der Waals surface area contributed by atoms with Gasteiger partial charge in [-0.2, -0.15) is 13.2 Å². The molecule has 0 unspecified atom stereocenters. The number of fused-ring (bicyclic) bond motifs is 1. The smallest absolute Gasteiger partial charge is 0.416 e. The van der Waals surface area contributed by atoms with Crippen molar-refractivity contribution in [2.24, 2.45) is 0 Å². The summed E-state index contributed by atoms with van der Waals surface area (Å²) in [6, 6.07) is 3.33. The molecule has 0 saturated heterocycles. The highest BCUT2D eigenvalue weighted by molar-refractivity contribution is 6.30. The van der Waals surface area contributed by atoms with Crippen LogP contribution < -0.4 is 4.74 Å². The monoisotopic (exact) mass is 372 g/mol. The molecule has 4 nitrogen and oxygen atoms in total. The average Bonchev–Trinajstić information content (AvgIpc) is 2.60. The summed E-state index contributed by atoms with van der Waals surface area (Å²) in [5.41, 5.74) is 2.01. The highest BCUT2D eigenvalue weighted by atomic mass is 35.5. The van der Waals surface area contributed by atoms with Gasteiger partial charge in [-0.3, -0.25) is 0 Å². The fourth-order valence-corrected chi connectivity index (χ4v) is 3.21. The zero-order valence-corrected chi connectivity index (χ0v) is 14.2. The van der Waals surface area contributed by atoms with Gasteiger partial charge in [-0.25, -0.2) is 0 Å². The number of rotatable bonds is 4. The molecule has 0 saturated carbocycles. The molecule has 0 aliphatic heterocycles. The molecule has 1 aromatic carbocycles. The minimum Gasteiger partial charge on any atom is -0.467 e. The quantitative estimate of drug-likeness (QED) is 0.731. The first-order valence-corrected chi connectivity index (χ1v) is 8.17. The maximum absolute atomic E-state index is 13.0. The summed E-state index contributed by atoms with van der Waals surface area (Å²) in [5, 5.41) is 8.46. The van der Waals surface area contributed by atoms with Crippen molar-refractivity contribution in [3.8, 4) is 17.0 Å². The van der Waals surface area contributed by atoms with E-state index >= 15 is 0 Å². The van der Waals surface area contributed by atoms with Crippen molar-refractivity contribution >= 4 is 11.6 Å². The van der Waals surface area contributed by atoms with Crippen molar-refractivity contribution in [3.05, 3.63) is 40.0 Å². The topological polar surface area (TPSA) is 44.2 Å². The van der Waals surface area contributed by atoms with Gasteiger partial charge in [0.15, 0.2) is 11.9 Å². The van der Waals surface area contributed by atoms with E-state index in [1.165, 1.54) is 13.2 Å². The number of aromatic nitrogens is 2. The Morgan fingerprint density at radius 2 is 1.84 bits per heavy atom. The molecule has 3 rings (SSSR count). The Morgan fingerprint density at radius 1 is 1.12 bits per heavy atom. The van der Waals surface area contributed by atoms with Crippen LogP contribution in [0.15, 0.2) is 18.2 Å². The second-order valence-electron chi connectivity index (χ2n) is 5.76. The summed E-state index contributed by atoms with van der Waals surface area (Å²) in [5.74, 6) is 0.0565. The van der Waals surface area contributed by atoms with E-state index in [1.54, 1.807) is 0 Å². The van der Waals surface area contributed by atoms with Gasteiger partial charge in [-0.15, -0.1) is 10.2 Å². The summed E-state index contributed by atoms with van der Waals surface area (Å²) < 4.78 is 49.3. The molecule has 2 aromatic rings. The molecule has 0 radical (unpaired) electrons. The zero-order valence-electron chi connectivity index (χ0n) is 13.5. The van der Waals surface area contributed by atoms with Crippen LogP contribution in [0.2, 0.25) is 5.15 Å². The molecule has 1 aliphatic rings. The van der Waals surface area contributed by atoms with E-state index in [0.29, 0.717) is 16.4 Å². The first-order chi connectivity index (χ1) is 11.9. The molecule has 0 fully saturated rings. The second-order valence-corrected chi connectivity index (χ2v) is 6.12. The molecule has 1 aliphatic carbocycles. The lowest BCUT2D eigenvalue weighted by atomic mass is 9.89. The van der Waals surface area contributed by atoms with Gasteiger partial charge in [-0.1, -0.05) is 11.6 Å². The minimum atomic E-state index is -4.46. The summed E-state index contributed by atoms with van der Waals surface area (Å²) in [6.45, 7) is -0.169. The minimum absolute atomic E-state index is 0.0565. The second kappa shape index (κ2) is 7.17. The summed E-state index contributed by atoms with van der Waals surface area (Å²) in [4.78, 5) is 0. The Labute approximate surface area is 147 Å². The van der Waals surface area contributed by atoms with Crippen LogP contribution in [0.4, 0.5) is 13.2 Å². The lowest BCUT2D eigenvalue weighted by Crippen LogP contribution is -2.11. The van der Waals surface area contributed by atoms with Gasteiger partial charge in [0.1, 0.15) is 11.4 Å². The molecular weight excluding hydrogens is 357 g/mol. The van der Waals surface area contributed by atoms with Crippen LogP contribution in [0.1, 0.15) is 29.5 Å². The van der Waals surface area contributed by atoms with E-state index in [1.807, 2.05) is 0 Å². The number of alkyl halides is 3. The van der Waals surface area contributed by atoms with Crippen molar-refractivity contribution < 1.29 is 22.6 Å². The zero-order chi connectivity index (χ0) is 18.0. The van der Waals surface area contributed by atoms with E-state index in [2.05, 4.69) is 10.2 Å². The molecule has 25 heavy (non-hydrogen) atoms. The van der Waals surface area contributed by atoms with Gasteiger partial charge >= 0.3 is 6.18 Å². The molecule has 0 N–H and O–H groups in total. The molecule has 1 heterocycles. The van der Waals surface area contributed by atoms with Crippen molar-refractivity contribution in [1.29, 1.82) is 0 Å². The fourth-order valence-electron chi connectivity index (χ4n) is 2.96. The Morgan fingerprint density at radius 3 is 2.52 bits per heavy atom. The van der Waals surface area contributed by atoms with Gasteiger partial charge in [0.25, 0.3) is 0 Å². The maximum atomic E-state index is 13.0. The van der Waals surface area contributed by atoms with Crippen molar-refractivity contribution in [2.75, 3.05) is 13.9 Å². The number of hydrogen-bond acceptors (Lipinski definition) is 4. The van der Waals surface area contributed by atoms with E-state index in [-0.39, 0.29) is 12.5 Å². The van der Waals surface area contributed by atoms with Crippen LogP contribution in [0, 0.1) is 0 Å². The van der Waals surface area contributed by atoms with Crippen molar-refractivity contribution in [1.82, 2.24) is 10.2 Å². The summed E-state index contributed by atoms with van der Waals surface area (Å²) in [6.07, 6.45) is -0.958. The van der Waals surface area contributed by atoms with Gasteiger partial charge in [0.05, 0.1) is 5.56 Å². The highest BCUT2D eigenvalue weighted by Crippen LogP contribution is 2.40. The van der Waals surface area contributed by atoms with E-state index in [0.717, 1.165) is 48.9 Å².